The number of carboxylic acid groups (broad SMARTS) is 1. The van der Waals surface area contributed by atoms with Gasteiger partial charge in [-0.2, -0.15) is 0 Å². The Morgan fingerprint density at radius 2 is 1.73 bits per heavy atom. The highest BCUT2D eigenvalue weighted by Crippen LogP contribution is 2.17. The molecule has 0 bridgehead atoms. The monoisotopic (exact) mass is 376 g/mol. The highest BCUT2D eigenvalue weighted by atomic mass is 35.5. The summed E-state index contributed by atoms with van der Waals surface area (Å²) in [5.41, 5.74) is 13.1. The standard InChI is InChI=1S/C19H21ClN2O4/c20-14-5-1-4-13(9-14)11-17(22)19(25)26-15-6-2-3-12(10-15)7-8-16(21)18(23)24/h1-6,9-10,16-17H,7-8,11,21-22H2,(H,23,24)/t16-,17-/m0/s1. The van der Waals surface area contributed by atoms with Gasteiger partial charge < -0.3 is 21.3 Å². The number of carbonyl (C=O) groups excluding carboxylic acids is 1. The molecule has 0 aliphatic carbocycles. The summed E-state index contributed by atoms with van der Waals surface area (Å²) in [6, 6.07) is 12.3. The first-order valence-electron chi connectivity index (χ1n) is 8.14. The van der Waals surface area contributed by atoms with Crippen LogP contribution in [0.4, 0.5) is 0 Å². The number of nitrogens with two attached hydrogens (primary N) is 2. The summed E-state index contributed by atoms with van der Waals surface area (Å²) in [4.78, 5) is 23.0. The Morgan fingerprint density at radius 1 is 1.04 bits per heavy atom. The topological polar surface area (TPSA) is 116 Å². The lowest BCUT2D eigenvalue weighted by Crippen LogP contribution is -2.36. The molecule has 0 saturated heterocycles. The zero-order chi connectivity index (χ0) is 19.1. The number of ether oxygens (including phenoxy) is 1. The van der Waals surface area contributed by atoms with E-state index in [1.54, 1.807) is 36.4 Å². The Hall–Kier alpha value is -2.41. The van der Waals surface area contributed by atoms with Crippen LogP contribution < -0.4 is 16.2 Å². The number of hydrogen-bond donors (Lipinski definition) is 3. The van der Waals surface area contributed by atoms with Crippen molar-refractivity contribution in [1.29, 1.82) is 0 Å². The summed E-state index contributed by atoms with van der Waals surface area (Å²) in [5.74, 6) is -1.23. The fourth-order valence-electron chi connectivity index (χ4n) is 2.40. The smallest absolute Gasteiger partial charge is 0.328 e. The highest BCUT2D eigenvalue weighted by molar-refractivity contribution is 6.30. The Morgan fingerprint density at radius 3 is 2.42 bits per heavy atom. The Bertz CT molecular complexity index is 782. The van der Waals surface area contributed by atoms with Crippen molar-refractivity contribution in [3.8, 4) is 5.75 Å². The van der Waals surface area contributed by atoms with Crippen molar-refractivity contribution in [1.82, 2.24) is 0 Å². The van der Waals surface area contributed by atoms with Gasteiger partial charge in [0, 0.05) is 5.02 Å². The normalized spacial score (nSPS) is 13.0. The lowest BCUT2D eigenvalue weighted by Gasteiger charge is -2.12. The molecule has 2 atom stereocenters. The fraction of sp³-hybridized carbons (Fsp3) is 0.263. The first kappa shape index (κ1) is 19.9. The number of rotatable bonds is 8. The first-order valence-corrected chi connectivity index (χ1v) is 8.52. The van der Waals surface area contributed by atoms with E-state index >= 15 is 0 Å². The average molecular weight is 377 g/mol. The number of aliphatic carboxylic acids is 1. The third-order valence-corrected chi connectivity index (χ3v) is 4.06. The molecule has 2 aromatic carbocycles. The van der Waals surface area contributed by atoms with Gasteiger partial charge in [-0.05, 0) is 54.7 Å². The molecule has 0 unspecified atom stereocenters. The van der Waals surface area contributed by atoms with Gasteiger partial charge in [-0.15, -0.1) is 0 Å². The van der Waals surface area contributed by atoms with Crippen LogP contribution in [0.1, 0.15) is 17.5 Å². The number of carbonyl (C=O) groups is 2. The van der Waals surface area contributed by atoms with Gasteiger partial charge in [0.15, 0.2) is 0 Å². The largest absolute Gasteiger partial charge is 0.480 e. The van der Waals surface area contributed by atoms with E-state index in [1.807, 2.05) is 12.1 Å². The summed E-state index contributed by atoms with van der Waals surface area (Å²) < 4.78 is 5.33. The van der Waals surface area contributed by atoms with Crippen LogP contribution in [-0.4, -0.2) is 29.1 Å². The van der Waals surface area contributed by atoms with E-state index < -0.39 is 24.0 Å². The third kappa shape index (κ3) is 6.15. The molecule has 0 aliphatic heterocycles. The molecule has 2 rings (SSSR count). The van der Waals surface area contributed by atoms with Gasteiger partial charge in [-0.25, -0.2) is 4.79 Å². The number of hydrogen-bond acceptors (Lipinski definition) is 5. The Labute approximate surface area is 156 Å². The molecule has 0 radical (unpaired) electrons. The van der Waals surface area contributed by atoms with Gasteiger partial charge in [-0.1, -0.05) is 35.9 Å². The molecule has 0 spiro atoms. The minimum Gasteiger partial charge on any atom is -0.480 e. The van der Waals surface area contributed by atoms with E-state index in [0.29, 0.717) is 30.0 Å². The van der Waals surface area contributed by atoms with Gasteiger partial charge in [0.05, 0.1) is 0 Å². The Kier molecular flexibility index (Phi) is 7.15. The Balaban J connectivity index is 1.93. The molecule has 0 fully saturated rings. The van der Waals surface area contributed by atoms with Crippen LogP contribution in [0.25, 0.3) is 0 Å². The molecule has 0 amide bonds. The number of benzene rings is 2. The molecular formula is C19H21ClN2O4. The molecule has 5 N–H and O–H groups in total. The fourth-order valence-corrected chi connectivity index (χ4v) is 2.62. The maximum absolute atomic E-state index is 12.2. The van der Waals surface area contributed by atoms with Crippen LogP contribution in [0.2, 0.25) is 5.02 Å². The van der Waals surface area contributed by atoms with Crippen molar-refractivity contribution in [2.24, 2.45) is 11.5 Å². The van der Waals surface area contributed by atoms with E-state index in [0.717, 1.165) is 11.1 Å². The summed E-state index contributed by atoms with van der Waals surface area (Å²) >= 11 is 5.92. The second-order valence-electron chi connectivity index (χ2n) is 5.99. The van der Waals surface area contributed by atoms with Gasteiger partial charge in [0.1, 0.15) is 17.8 Å². The maximum Gasteiger partial charge on any atom is 0.328 e. The zero-order valence-electron chi connectivity index (χ0n) is 14.1. The lowest BCUT2D eigenvalue weighted by molar-refractivity contribution is -0.138. The van der Waals surface area contributed by atoms with Crippen molar-refractivity contribution in [3.05, 3.63) is 64.7 Å². The molecule has 138 valence electrons. The maximum atomic E-state index is 12.2. The summed E-state index contributed by atoms with van der Waals surface area (Å²) in [6.07, 6.45) is 1.07. The predicted octanol–water partition coefficient (Wildman–Crippen LogP) is 2.16. The van der Waals surface area contributed by atoms with Gasteiger partial charge in [-0.3, -0.25) is 4.79 Å². The van der Waals surface area contributed by atoms with Crippen LogP contribution >= 0.6 is 11.6 Å². The lowest BCUT2D eigenvalue weighted by atomic mass is 10.1. The van der Waals surface area contributed by atoms with Crippen LogP contribution in [-0.2, 0) is 22.4 Å². The average Bonchev–Trinajstić information content (AvgIpc) is 2.59. The molecule has 2 aromatic rings. The second-order valence-corrected chi connectivity index (χ2v) is 6.43. The molecule has 0 aliphatic rings. The molecule has 0 aromatic heterocycles. The van der Waals surface area contributed by atoms with E-state index in [2.05, 4.69) is 0 Å². The molecule has 26 heavy (non-hydrogen) atoms. The van der Waals surface area contributed by atoms with E-state index in [9.17, 15) is 9.59 Å². The van der Waals surface area contributed by atoms with Crippen molar-refractivity contribution in [3.63, 3.8) is 0 Å². The van der Waals surface area contributed by atoms with Crippen molar-refractivity contribution in [2.75, 3.05) is 0 Å². The number of aryl methyl sites for hydroxylation is 1. The second kappa shape index (κ2) is 9.33. The predicted molar refractivity (Wildman–Crippen MR) is 99.1 cm³/mol. The van der Waals surface area contributed by atoms with Gasteiger partial charge in [0.2, 0.25) is 0 Å². The molecule has 0 heterocycles. The minimum absolute atomic E-state index is 0.293. The molecular weight excluding hydrogens is 356 g/mol. The molecule has 6 nitrogen and oxygen atoms in total. The quantitative estimate of drug-likeness (QED) is 0.480. The van der Waals surface area contributed by atoms with Crippen LogP contribution in [0.5, 0.6) is 5.75 Å². The summed E-state index contributed by atoms with van der Waals surface area (Å²) in [5, 5.41) is 9.40. The zero-order valence-corrected chi connectivity index (χ0v) is 14.9. The number of esters is 1. The van der Waals surface area contributed by atoms with Gasteiger partial charge >= 0.3 is 11.9 Å². The SMILES string of the molecule is N[C@@H](CCc1cccc(OC(=O)[C@@H](N)Cc2cccc(Cl)c2)c1)C(=O)O. The van der Waals surface area contributed by atoms with E-state index in [1.165, 1.54) is 0 Å². The van der Waals surface area contributed by atoms with Gasteiger partial charge in [0.25, 0.3) is 0 Å². The van der Waals surface area contributed by atoms with Crippen molar-refractivity contribution in [2.45, 2.75) is 31.3 Å². The summed E-state index contributed by atoms with van der Waals surface area (Å²) in [6.45, 7) is 0. The first-order chi connectivity index (χ1) is 12.3. The molecule has 0 saturated carbocycles. The van der Waals surface area contributed by atoms with Crippen LogP contribution in [0.15, 0.2) is 48.5 Å². The van der Waals surface area contributed by atoms with Crippen molar-refractivity contribution < 1.29 is 19.4 Å². The minimum atomic E-state index is -1.04. The number of halogens is 1. The van der Waals surface area contributed by atoms with E-state index in [4.69, 9.17) is 32.9 Å². The number of carboxylic acids is 1. The van der Waals surface area contributed by atoms with Crippen molar-refractivity contribution >= 4 is 23.5 Å². The molecule has 7 heteroatoms. The third-order valence-electron chi connectivity index (χ3n) is 3.83. The summed E-state index contributed by atoms with van der Waals surface area (Å²) in [7, 11) is 0. The van der Waals surface area contributed by atoms with E-state index in [-0.39, 0.29) is 0 Å². The highest BCUT2D eigenvalue weighted by Gasteiger charge is 2.17. The van der Waals surface area contributed by atoms with Crippen LogP contribution in [0.3, 0.4) is 0 Å². The van der Waals surface area contributed by atoms with Crippen LogP contribution in [0, 0.1) is 0 Å².